The van der Waals surface area contributed by atoms with Crippen molar-refractivity contribution >= 4 is 0 Å². The van der Waals surface area contributed by atoms with E-state index in [0.29, 0.717) is 12.0 Å². The Morgan fingerprint density at radius 2 is 2.07 bits per heavy atom. The van der Waals surface area contributed by atoms with Crippen molar-refractivity contribution in [1.29, 1.82) is 0 Å². The van der Waals surface area contributed by atoms with Crippen LogP contribution >= 0.6 is 0 Å². The monoisotopic (exact) mass is 209 g/mol. The smallest absolute Gasteiger partial charge is 0.0509 e. The van der Waals surface area contributed by atoms with Crippen molar-refractivity contribution in [2.45, 2.75) is 44.6 Å². The zero-order valence-corrected chi connectivity index (χ0v) is 9.53. The Labute approximate surface area is 92.6 Å². The summed E-state index contributed by atoms with van der Waals surface area (Å²) >= 11 is 0. The van der Waals surface area contributed by atoms with Crippen molar-refractivity contribution in [1.82, 2.24) is 0 Å². The number of fused-ring (bicyclic) bond motifs is 2. The molecule has 2 N–H and O–H groups in total. The van der Waals surface area contributed by atoms with Gasteiger partial charge in [-0.3, -0.25) is 0 Å². The Hall–Kier alpha value is -0.0800. The van der Waals surface area contributed by atoms with Crippen LogP contribution < -0.4 is 5.73 Å². The molecule has 1 saturated heterocycles. The third-order valence-electron chi connectivity index (χ3n) is 5.03. The first-order valence-corrected chi connectivity index (χ1v) is 6.68. The first kappa shape index (κ1) is 10.1. The van der Waals surface area contributed by atoms with Gasteiger partial charge < -0.3 is 10.5 Å². The van der Waals surface area contributed by atoms with Gasteiger partial charge in [0.2, 0.25) is 0 Å². The van der Waals surface area contributed by atoms with E-state index in [4.69, 9.17) is 10.5 Å². The highest BCUT2D eigenvalue weighted by Crippen LogP contribution is 2.50. The Bertz CT molecular complexity index is 225. The second kappa shape index (κ2) is 4.06. The zero-order chi connectivity index (χ0) is 10.3. The Balaban J connectivity index is 1.61. The van der Waals surface area contributed by atoms with Crippen molar-refractivity contribution in [3.05, 3.63) is 0 Å². The molecule has 1 aliphatic heterocycles. The fourth-order valence-corrected chi connectivity index (χ4v) is 4.18. The van der Waals surface area contributed by atoms with Crippen molar-refractivity contribution in [3.8, 4) is 0 Å². The molecular formula is C13H23NO. The molecule has 2 aliphatic carbocycles. The van der Waals surface area contributed by atoms with Gasteiger partial charge in [0, 0.05) is 12.6 Å². The molecule has 0 spiro atoms. The van der Waals surface area contributed by atoms with Crippen molar-refractivity contribution in [3.63, 3.8) is 0 Å². The standard InChI is InChI=1S/C13H23NO/c14-13(11-2-1-5-15-8-11)12-7-9-3-4-10(12)6-9/h9-13H,1-8,14H2. The summed E-state index contributed by atoms with van der Waals surface area (Å²) in [7, 11) is 0. The van der Waals surface area contributed by atoms with Crippen LogP contribution in [0.15, 0.2) is 0 Å². The maximum atomic E-state index is 6.46. The van der Waals surface area contributed by atoms with Crippen LogP contribution in [0.4, 0.5) is 0 Å². The minimum atomic E-state index is 0.431. The number of hydrogen-bond acceptors (Lipinski definition) is 2. The Kier molecular flexibility index (Phi) is 2.73. The minimum absolute atomic E-state index is 0.431. The van der Waals surface area contributed by atoms with Crippen LogP contribution in [0.2, 0.25) is 0 Å². The van der Waals surface area contributed by atoms with E-state index in [9.17, 15) is 0 Å². The number of rotatable bonds is 2. The lowest BCUT2D eigenvalue weighted by Crippen LogP contribution is -2.43. The van der Waals surface area contributed by atoms with Crippen LogP contribution in [-0.2, 0) is 4.74 Å². The lowest BCUT2D eigenvalue weighted by molar-refractivity contribution is 0.0307. The average molecular weight is 209 g/mol. The molecule has 0 radical (unpaired) electrons. The molecule has 5 atom stereocenters. The largest absolute Gasteiger partial charge is 0.381 e. The molecule has 15 heavy (non-hydrogen) atoms. The highest BCUT2D eigenvalue weighted by Gasteiger charge is 2.43. The van der Waals surface area contributed by atoms with Crippen LogP contribution in [0, 0.1) is 23.7 Å². The van der Waals surface area contributed by atoms with E-state index < -0.39 is 0 Å². The van der Waals surface area contributed by atoms with Gasteiger partial charge in [0.05, 0.1) is 6.61 Å². The summed E-state index contributed by atoms with van der Waals surface area (Å²) in [5.74, 6) is 3.47. The summed E-state index contributed by atoms with van der Waals surface area (Å²) in [6.45, 7) is 1.88. The van der Waals surface area contributed by atoms with E-state index in [1.54, 1.807) is 0 Å². The quantitative estimate of drug-likeness (QED) is 0.756. The van der Waals surface area contributed by atoms with Crippen molar-refractivity contribution in [2.75, 3.05) is 13.2 Å². The Morgan fingerprint density at radius 3 is 2.67 bits per heavy atom. The molecule has 3 fully saturated rings. The molecular weight excluding hydrogens is 186 g/mol. The molecule has 0 aromatic rings. The van der Waals surface area contributed by atoms with Gasteiger partial charge in [-0.05, 0) is 55.8 Å². The highest BCUT2D eigenvalue weighted by molar-refractivity contribution is 4.96. The first-order valence-electron chi connectivity index (χ1n) is 6.68. The summed E-state index contributed by atoms with van der Waals surface area (Å²) in [4.78, 5) is 0. The average Bonchev–Trinajstić information content (AvgIpc) is 2.91. The summed E-state index contributed by atoms with van der Waals surface area (Å²) in [6, 6.07) is 0.431. The van der Waals surface area contributed by atoms with Gasteiger partial charge in [-0.15, -0.1) is 0 Å². The zero-order valence-electron chi connectivity index (χ0n) is 9.53. The van der Waals surface area contributed by atoms with Gasteiger partial charge in [0.25, 0.3) is 0 Å². The molecule has 5 unspecified atom stereocenters. The topological polar surface area (TPSA) is 35.2 Å². The van der Waals surface area contributed by atoms with Crippen LogP contribution in [-0.4, -0.2) is 19.3 Å². The lowest BCUT2D eigenvalue weighted by atomic mass is 9.77. The first-order chi connectivity index (χ1) is 7.34. The fraction of sp³-hybridized carbons (Fsp3) is 1.00. The van der Waals surface area contributed by atoms with Gasteiger partial charge in [0.1, 0.15) is 0 Å². The van der Waals surface area contributed by atoms with E-state index in [1.165, 1.54) is 38.5 Å². The summed E-state index contributed by atoms with van der Waals surface area (Å²) in [6.07, 6.45) is 8.36. The highest BCUT2D eigenvalue weighted by atomic mass is 16.5. The predicted octanol–water partition coefficient (Wildman–Crippen LogP) is 2.18. The van der Waals surface area contributed by atoms with Gasteiger partial charge in [-0.25, -0.2) is 0 Å². The molecule has 1 heterocycles. The number of ether oxygens (including phenoxy) is 1. The molecule has 0 aromatic carbocycles. The molecule has 2 bridgehead atoms. The van der Waals surface area contributed by atoms with Crippen molar-refractivity contribution < 1.29 is 4.74 Å². The second-order valence-electron chi connectivity index (χ2n) is 5.89. The van der Waals surface area contributed by atoms with E-state index >= 15 is 0 Å². The van der Waals surface area contributed by atoms with Crippen LogP contribution in [0.5, 0.6) is 0 Å². The minimum Gasteiger partial charge on any atom is -0.381 e. The molecule has 2 nitrogen and oxygen atoms in total. The molecule has 2 saturated carbocycles. The van der Waals surface area contributed by atoms with Crippen molar-refractivity contribution in [2.24, 2.45) is 29.4 Å². The summed E-state index contributed by atoms with van der Waals surface area (Å²) < 4.78 is 5.56. The predicted molar refractivity (Wildman–Crippen MR) is 60.5 cm³/mol. The van der Waals surface area contributed by atoms with Gasteiger partial charge in [-0.2, -0.15) is 0 Å². The number of hydrogen-bond donors (Lipinski definition) is 1. The normalized spacial score (nSPS) is 47.0. The third-order valence-corrected chi connectivity index (χ3v) is 5.03. The summed E-state index contributed by atoms with van der Waals surface area (Å²) in [5, 5.41) is 0. The van der Waals surface area contributed by atoms with Gasteiger partial charge >= 0.3 is 0 Å². The van der Waals surface area contributed by atoms with Crippen LogP contribution in [0.25, 0.3) is 0 Å². The molecule has 0 amide bonds. The fourth-order valence-electron chi connectivity index (χ4n) is 4.18. The Morgan fingerprint density at radius 1 is 1.13 bits per heavy atom. The van der Waals surface area contributed by atoms with Gasteiger partial charge in [-0.1, -0.05) is 6.42 Å². The molecule has 2 heteroatoms. The number of nitrogens with two attached hydrogens (primary N) is 1. The summed E-state index contributed by atoms with van der Waals surface area (Å²) in [5.41, 5.74) is 6.46. The van der Waals surface area contributed by atoms with Gasteiger partial charge in [0.15, 0.2) is 0 Å². The molecule has 86 valence electrons. The van der Waals surface area contributed by atoms with E-state index in [1.807, 2.05) is 0 Å². The molecule has 3 rings (SSSR count). The third kappa shape index (κ3) is 1.83. The van der Waals surface area contributed by atoms with E-state index in [0.717, 1.165) is 31.0 Å². The SMILES string of the molecule is NC(C1CCCOC1)C1CC2CCC1C2. The molecule has 0 aromatic heterocycles. The van der Waals surface area contributed by atoms with Crippen LogP contribution in [0.1, 0.15) is 38.5 Å². The lowest BCUT2D eigenvalue weighted by Gasteiger charge is -2.35. The van der Waals surface area contributed by atoms with E-state index in [-0.39, 0.29) is 0 Å². The molecule has 3 aliphatic rings. The maximum absolute atomic E-state index is 6.46. The van der Waals surface area contributed by atoms with Crippen LogP contribution in [0.3, 0.4) is 0 Å². The maximum Gasteiger partial charge on any atom is 0.0509 e. The van der Waals surface area contributed by atoms with E-state index in [2.05, 4.69) is 0 Å². The second-order valence-corrected chi connectivity index (χ2v) is 5.89.